The first-order valence-corrected chi connectivity index (χ1v) is 8.73. The van der Waals surface area contributed by atoms with Crippen molar-refractivity contribution in [2.75, 3.05) is 7.11 Å². The van der Waals surface area contributed by atoms with Crippen molar-refractivity contribution in [3.05, 3.63) is 59.7 Å². The highest BCUT2D eigenvalue weighted by Gasteiger charge is 2.11. The van der Waals surface area contributed by atoms with Gasteiger partial charge in [-0.3, -0.25) is 9.35 Å². The molecule has 0 saturated heterocycles. The molecule has 0 aromatic heterocycles. The Bertz CT molecular complexity index is 785. The molecule has 0 aliphatic carbocycles. The van der Waals surface area contributed by atoms with Crippen LogP contribution in [0.2, 0.25) is 0 Å². The van der Waals surface area contributed by atoms with E-state index >= 15 is 0 Å². The predicted molar refractivity (Wildman–Crippen MR) is 93.3 cm³/mol. The van der Waals surface area contributed by atoms with Gasteiger partial charge in [0.15, 0.2) is 0 Å². The minimum Gasteiger partial charge on any atom is -0.497 e. The third kappa shape index (κ3) is 7.34. The number of methoxy groups -OCH3 is 1. The van der Waals surface area contributed by atoms with Gasteiger partial charge in [-0.05, 0) is 43.2 Å². The summed E-state index contributed by atoms with van der Waals surface area (Å²) in [7, 11) is -2.44. The predicted octanol–water partition coefficient (Wildman–Crippen LogP) is 1.89. The van der Waals surface area contributed by atoms with Gasteiger partial charge in [-0.1, -0.05) is 29.8 Å². The van der Waals surface area contributed by atoms with Crippen molar-refractivity contribution in [3.8, 4) is 5.75 Å². The molecule has 0 bridgehead atoms. The fraction of sp³-hybridized carbons (Fsp3) is 0.235. The van der Waals surface area contributed by atoms with E-state index in [1.165, 1.54) is 12.1 Å². The number of nitrogens with two attached hydrogens (primary N) is 1. The van der Waals surface area contributed by atoms with Crippen LogP contribution in [0.25, 0.3) is 0 Å². The van der Waals surface area contributed by atoms with Gasteiger partial charge in [-0.2, -0.15) is 8.42 Å². The van der Waals surface area contributed by atoms with Crippen LogP contribution in [0.1, 0.15) is 11.1 Å². The Labute approximate surface area is 146 Å². The molecule has 136 valence electrons. The summed E-state index contributed by atoms with van der Waals surface area (Å²) in [6.45, 7) is 1.84. The first-order valence-electron chi connectivity index (χ1n) is 7.29. The Morgan fingerprint density at radius 1 is 1.12 bits per heavy atom. The summed E-state index contributed by atoms with van der Waals surface area (Å²) in [5.41, 5.74) is 7.23. The van der Waals surface area contributed by atoms with Crippen LogP contribution < -0.4 is 10.5 Å². The van der Waals surface area contributed by atoms with E-state index in [1.54, 1.807) is 31.4 Å². The van der Waals surface area contributed by atoms with Crippen molar-refractivity contribution in [1.82, 2.24) is 0 Å². The average Bonchev–Trinajstić information content (AvgIpc) is 2.55. The molecule has 2 aromatic rings. The zero-order chi connectivity index (χ0) is 19.0. The van der Waals surface area contributed by atoms with Crippen LogP contribution in [-0.4, -0.2) is 37.2 Å². The highest BCUT2D eigenvalue weighted by Crippen LogP contribution is 2.12. The van der Waals surface area contributed by atoms with E-state index in [9.17, 15) is 13.2 Å². The topological polar surface area (TPSA) is 127 Å². The quantitative estimate of drug-likeness (QED) is 0.689. The second kappa shape index (κ2) is 9.16. The normalized spacial score (nSPS) is 11.8. The van der Waals surface area contributed by atoms with E-state index < -0.39 is 22.1 Å². The second-order valence-electron chi connectivity index (χ2n) is 5.29. The minimum atomic E-state index is -4.02. The smallest absolute Gasteiger partial charge is 0.320 e. The molecule has 4 N–H and O–H groups in total. The molecule has 0 amide bonds. The Balaban J connectivity index is 0.000000257. The molecule has 25 heavy (non-hydrogen) atoms. The summed E-state index contributed by atoms with van der Waals surface area (Å²) in [6, 6.07) is 12.3. The number of carbonyl (C=O) groups is 1. The number of aryl methyl sites for hydroxylation is 1. The molecule has 0 unspecified atom stereocenters. The number of carboxylic acid groups (broad SMARTS) is 1. The van der Waals surface area contributed by atoms with Crippen LogP contribution in [0.15, 0.2) is 53.4 Å². The number of rotatable bonds is 5. The lowest BCUT2D eigenvalue weighted by Crippen LogP contribution is -2.32. The fourth-order valence-corrected chi connectivity index (χ4v) is 2.29. The fourth-order valence-electron chi connectivity index (χ4n) is 1.81. The SMILES string of the molecule is COc1ccc(C[C@H](N)C(=O)O)cc1.Cc1ccc(S(=O)(=O)O)cc1. The van der Waals surface area contributed by atoms with Crippen LogP contribution in [0.4, 0.5) is 0 Å². The van der Waals surface area contributed by atoms with E-state index in [-0.39, 0.29) is 4.90 Å². The third-order valence-corrected chi connectivity index (χ3v) is 4.12. The van der Waals surface area contributed by atoms with Gasteiger partial charge in [0.05, 0.1) is 12.0 Å². The Morgan fingerprint density at radius 3 is 2.04 bits per heavy atom. The lowest BCUT2D eigenvalue weighted by molar-refractivity contribution is -0.138. The summed E-state index contributed by atoms with van der Waals surface area (Å²) in [6.07, 6.45) is 0.333. The zero-order valence-electron chi connectivity index (χ0n) is 13.9. The van der Waals surface area contributed by atoms with E-state index in [2.05, 4.69) is 0 Å². The van der Waals surface area contributed by atoms with Gasteiger partial charge in [-0.25, -0.2) is 0 Å². The first-order chi connectivity index (χ1) is 11.6. The zero-order valence-corrected chi connectivity index (χ0v) is 14.7. The summed E-state index contributed by atoms with van der Waals surface area (Å²) in [4.78, 5) is 10.4. The Hall–Kier alpha value is -2.42. The van der Waals surface area contributed by atoms with Gasteiger partial charge in [-0.15, -0.1) is 0 Å². The molecule has 7 nitrogen and oxygen atoms in total. The number of carboxylic acids is 1. The van der Waals surface area contributed by atoms with Gasteiger partial charge < -0.3 is 15.6 Å². The van der Waals surface area contributed by atoms with Crippen molar-refractivity contribution in [2.24, 2.45) is 5.73 Å². The van der Waals surface area contributed by atoms with Crippen molar-refractivity contribution in [2.45, 2.75) is 24.3 Å². The van der Waals surface area contributed by atoms with Gasteiger partial charge in [0.2, 0.25) is 0 Å². The molecular formula is C17H21NO6S. The molecule has 0 fully saturated rings. The summed E-state index contributed by atoms with van der Waals surface area (Å²) < 4.78 is 34.5. The highest BCUT2D eigenvalue weighted by atomic mass is 32.2. The minimum absolute atomic E-state index is 0.0666. The second-order valence-corrected chi connectivity index (χ2v) is 6.71. The number of hydrogen-bond donors (Lipinski definition) is 3. The van der Waals surface area contributed by atoms with Crippen LogP contribution in [0.3, 0.4) is 0 Å². The maximum Gasteiger partial charge on any atom is 0.320 e. The van der Waals surface area contributed by atoms with Gasteiger partial charge in [0, 0.05) is 0 Å². The monoisotopic (exact) mass is 367 g/mol. The van der Waals surface area contributed by atoms with Crippen molar-refractivity contribution in [1.29, 1.82) is 0 Å². The molecule has 0 radical (unpaired) electrons. The number of hydrogen-bond acceptors (Lipinski definition) is 5. The molecule has 0 heterocycles. The van der Waals surface area contributed by atoms with Crippen molar-refractivity contribution >= 4 is 16.1 Å². The van der Waals surface area contributed by atoms with E-state index in [4.69, 9.17) is 20.1 Å². The molecule has 2 rings (SSSR count). The third-order valence-electron chi connectivity index (χ3n) is 3.25. The van der Waals surface area contributed by atoms with Crippen LogP contribution in [0.5, 0.6) is 5.75 Å². The van der Waals surface area contributed by atoms with Crippen LogP contribution >= 0.6 is 0 Å². The van der Waals surface area contributed by atoms with Crippen molar-refractivity contribution in [3.63, 3.8) is 0 Å². The van der Waals surface area contributed by atoms with E-state index in [1.807, 2.05) is 19.1 Å². The van der Waals surface area contributed by atoms with Crippen LogP contribution in [-0.2, 0) is 21.3 Å². The van der Waals surface area contributed by atoms with Gasteiger partial charge >= 0.3 is 5.97 Å². The maximum absolute atomic E-state index is 10.5. The van der Waals surface area contributed by atoms with E-state index in [0.717, 1.165) is 16.9 Å². The van der Waals surface area contributed by atoms with Crippen LogP contribution in [0, 0.1) is 6.92 Å². The molecule has 2 aromatic carbocycles. The summed E-state index contributed by atoms with van der Waals surface area (Å²) in [5.74, 6) is -0.238. The molecular weight excluding hydrogens is 346 g/mol. The molecule has 0 aliphatic heterocycles. The number of benzene rings is 2. The Kier molecular flexibility index (Phi) is 7.56. The standard InChI is InChI=1S/C10H13NO3.C7H8O3S/c1-14-8-4-2-7(3-5-8)6-9(11)10(12)13;1-6-2-4-7(5-3-6)11(8,9)10/h2-5,9H,6,11H2,1H3,(H,12,13);2-5H,1H3,(H,8,9,10)/t9-;/m0./s1. The summed E-state index contributed by atoms with van der Waals surface area (Å²) in [5, 5.41) is 8.59. The molecule has 0 spiro atoms. The summed E-state index contributed by atoms with van der Waals surface area (Å²) >= 11 is 0. The van der Waals surface area contributed by atoms with E-state index in [0.29, 0.717) is 6.42 Å². The average molecular weight is 367 g/mol. The maximum atomic E-state index is 10.5. The molecule has 8 heteroatoms. The molecule has 0 saturated carbocycles. The van der Waals surface area contributed by atoms with Gasteiger partial charge in [0.25, 0.3) is 10.1 Å². The van der Waals surface area contributed by atoms with Crippen molar-refractivity contribution < 1.29 is 27.6 Å². The largest absolute Gasteiger partial charge is 0.497 e. The first kappa shape index (κ1) is 20.6. The highest BCUT2D eigenvalue weighted by molar-refractivity contribution is 7.85. The lowest BCUT2D eigenvalue weighted by Gasteiger charge is -2.06. The van der Waals surface area contributed by atoms with Gasteiger partial charge in [0.1, 0.15) is 11.8 Å². The number of aliphatic carboxylic acids is 1. The molecule has 0 aliphatic rings. The lowest BCUT2D eigenvalue weighted by atomic mass is 10.1. The number of ether oxygens (including phenoxy) is 1. The molecule has 1 atom stereocenters. The Morgan fingerprint density at radius 2 is 1.64 bits per heavy atom.